The van der Waals surface area contributed by atoms with Gasteiger partial charge in [-0.15, -0.1) is 0 Å². The van der Waals surface area contributed by atoms with Crippen LogP contribution in [0.15, 0.2) is 22.7 Å². The highest BCUT2D eigenvalue weighted by atomic mass is 79.9. The van der Waals surface area contributed by atoms with Gasteiger partial charge in [0, 0.05) is 37.1 Å². The molecule has 0 radical (unpaired) electrons. The molecule has 2 amide bonds. The molecule has 1 N–H and O–H groups in total. The average Bonchev–Trinajstić information content (AvgIpc) is 2.31. The van der Waals surface area contributed by atoms with Gasteiger partial charge in [-0.1, -0.05) is 22.0 Å². The Bertz CT molecular complexity index is 458. The lowest BCUT2D eigenvalue weighted by Crippen LogP contribution is -2.30. The molecule has 1 rings (SSSR count). The lowest BCUT2D eigenvalue weighted by atomic mass is 10.1. The first-order valence-electron chi connectivity index (χ1n) is 5.66. The molecule has 0 bridgehead atoms. The quantitative estimate of drug-likeness (QED) is 0.924. The Labute approximate surface area is 115 Å². The third-order valence-electron chi connectivity index (χ3n) is 2.57. The monoisotopic (exact) mass is 312 g/mol. The van der Waals surface area contributed by atoms with Crippen molar-refractivity contribution in [3.05, 3.63) is 33.8 Å². The zero-order chi connectivity index (χ0) is 13.7. The number of carbonyl (C=O) groups is 2. The van der Waals surface area contributed by atoms with Gasteiger partial charge in [0.2, 0.25) is 5.91 Å². The van der Waals surface area contributed by atoms with E-state index in [0.717, 1.165) is 10.0 Å². The van der Waals surface area contributed by atoms with E-state index in [1.54, 1.807) is 20.2 Å². The van der Waals surface area contributed by atoms with Crippen LogP contribution in [0.1, 0.15) is 22.3 Å². The minimum absolute atomic E-state index is 0.00117. The van der Waals surface area contributed by atoms with Gasteiger partial charge in [0.25, 0.3) is 5.91 Å². The van der Waals surface area contributed by atoms with Gasteiger partial charge in [-0.3, -0.25) is 9.59 Å². The molecule has 5 heteroatoms. The van der Waals surface area contributed by atoms with Crippen LogP contribution in [0.5, 0.6) is 0 Å². The zero-order valence-electron chi connectivity index (χ0n) is 10.8. The van der Waals surface area contributed by atoms with Crippen molar-refractivity contribution in [3.8, 4) is 0 Å². The highest BCUT2D eigenvalue weighted by molar-refractivity contribution is 9.10. The Morgan fingerprint density at radius 3 is 2.61 bits per heavy atom. The highest BCUT2D eigenvalue weighted by Gasteiger charge is 2.10. The summed E-state index contributed by atoms with van der Waals surface area (Å²) >= 11 is 3.33. The third kappa shape index (κ3) is 4.14. The van der Waals surface area contributed by atoms with E-state index in [-0.39, 0.29) is 11.8 Å². The number of amides is 2. The Hall–Kier alpha value is -1.36. The smallest absolute Gasteiger partial charge is 0.251 e. The number of rotatable bonds is 4. The van der Waals surface area contributed by atoms with Crippen molar-refractivity contribution in [2.75, 3.05) is 20.6 Å². The lowest BCUT2D eigenvalue weighted by Gasteiger charge is -2.11. The van der Waals surface area contributed by atoms with E-state index in [9.17, 15) is 9.59 Å². The Morgan fingerprint density at radius 1 is 1.33 bits per heavy atom. The molecule has 1 aromatic rings. The minimum Gasteiger partial charge on any atom is -0.352 e. The molecule has 0 unspecified atom stereocenters. The fourth-order valence-electron chi connectivity index (χ4n) is 1.44. The number of hydrogen-bond acceptors (Lipinski definition) is 2. The summed E-state index contributed by atoms with van der Waals surface area (Å²) in [7, 11) is 3.39. The summed E-state index contributed by atoms with van der Waals surface area (Å²) in [6, 6.07) is 5.55. The predicted molar refractivity (Wildman–Crippen MR) is 74.5 cm³/mol. The molecule has 0 aliphatic rings. The molecule has 0 saturated heterocycles. The molecule has 1 aromatic carbocycles. The van der Waals surface area contributed by atoms with Crippen LogP contribution >= 0.6 is 15.9 Å². The Balaban J connectivity index is 2.56. The number of aryl methyl sites for hydroxylation is 1. The van der Waals surface area contributed by atoms with Crippen molar-refractivity contribution < 1.29 is 9.59 Å². The van der Waals surface area contributed by atoms with Crippen molar-refractivity contribution >= 4 is 27.7 Å². The first-order valence-corrected chi connectivity index (χ1v) is 6.45. The van der Waals surface area contributed by atoms with Crippen molar-refractivity contribution in [1.29, 1.82) is 0 Å². The summed E-state index contributed by atoms with van der Waals surface area (Å²) in [4.78, 5) is 24.8. The Morgan fingerprint density at radius 2 is 2.00 bits per heavy atom. The molecule has 0 aliphatic carbocycles. The number of nitrogens with one attached hydrogen (secondary N) is 1. The SMILES string of the molecule is Cc1ccc(Br)cc1C(=O)NCCC(=O)N(C)C. The van der Waals surface area contributed by atoms with Gasteiger partial charge in [0.15, 0.2) is 0 Å². The molecule has 0 saturated carbocycles. The fourth-order valence-corrected chi connectivity index (χ4v) is 1.80. The minimum atomic E-state index is -0.152. The lowest BCUT2D eigenvalue weighted by molar-refractivity contribution is -0.128. The van der Waals surface area contributed by atoms with Crippen molar-refractivity contribution in [2.24, 2.45) is 0 Å². The largest absolute Gasteiger partial charge is 0.352 e. The van der Waals surface area contributed by atoms with E-state index in [4.69, 9.17) is 0 Å². The van der Waals surface area contributed by atoms with Gasteiger partial charge in [0.1, 0.15) is 0 Å². The maximum absolute atomic E-state index is 11.9. The summed E-state index contributed by atoms with van der Waals surface area (Å²) in [6.07, 6.45) is 0.311. The first kappa shape index (κ1) is 14.7. The normalized spacial score (nSPS) is 10.0. The van der Waals surface area contributed by atoms with Gasteiger partial charge in [-0.25, -0.2) is 0 Å². The standard InChI is InChI=1S/C13H17BrN2O2/c1-9-4-5-10(14)8-11(9)13(18)15-7-6-12(17)16(2)3/h4-5,8H,6-7H2,1-3H3,(H,15,18). The second-order valence-electron chi connectivity index (χ2n) is 4.25. The second-order valence-corrected chi connectivity index (χ2v) is 5.17. The van der Waals surface area contributed by atoms with Crippen LogP contribution in [-0.2, 0) is 4.79 Å². The van der Waals surface area contributed by atoms with E-state index in [2.05, 4.69) is 21.2 Å². The number of nitrogens with zero attached hydrogens (tertiary/aromatic N) is 1. The summed E-state index contributed by atoms with van der Waals surface area (Å²) in [6.45, 7) is 2.23. The molecule has 0 atom stereocenters. The van der Waals surface area contributed by atoms with Crippen molar-refractivity contribution in [3.63, 3.8) is 0 Å². The Kier molecular flexibility index (Phi) is 5.34. The van der Waals surface area contributed by atoms with Crippen molar-refractivity contribution in [2.45, 2.75) is 13.3 Å². The van der Waals surface area contributed by atoms with Crippen LogP contribution in [0.4, 0.5) is 0 Å². The van der Waals surface area contributed by atoms with Crippen LogP contribution < -0.4 is 5.32 Å². The van der Waals surface area contributed by atoms with Crippen LogP contribution in [0.3, 0.4) is 0 Å². The highest BCUT2D eigenvalue weighted by Crippen LogP contribution is 2.15. The second kappa shape index (κ2) is 6.54. The number of carbonyl (C=O) groups excluding carboxylic acids is 2. The van der Waals surface area contributed by atoms with Gasteiger partial charge < -0.3 is 10.2 Å². The number of halogens is 1. The molecular weight excluding hydrogens is 296 g/mol. The summed E-state index contributed by atoms with van der Waals surface area (Å²) < 4.78 is 0.864. The van der Waals surface area contributed by atoms with Gasteiger partial charge in [-0.2, -0.15) is 0 Å². The van der Waals surface area contributed by atoms with E-state index >= 15 is 0 Å². The van der Waals surface area contributed by atoms with Gasteiger partial charge >= 0.3 is 0 Å². The van der Waals surface area contributed by atoms with Gasteiger partial charge in [0.05, 0.1) is 0 Å². The van der Waals surface area contributed by atoms with Gasteiger partial charge in [-0.05, 0) is 24.6 Å². The average molecular weight is 313 g/mol. The van der Waals surface area contributed by atoms with Crippen LogP contribution in [0, 0.1) is 6.92 Å². The molecule has 0 fully saturated rings. The molecule has 0 aliphatic heterocycles. The first-order chi connectivity index (χ1) is 8.41. The molecular formula is C13H17BrN2O2. The maximum atomic E-state index is 11.9. The topological polar surface area (TPSA) is 49.4 Å². The summed E-state index contributed by atoms with van der Waals surface area (Å²) in [5, 5.41) is 2.75. The van der Waals surface area contributed by atoms with E-state index < -0.39 is 0 Å². The fraction of sp³-hybridized carbons (Fsp3) is 0.385. The van der Waals surface area contributed by atoms with E-state index in [0.29, 0.717) is 18.5 Å². The summed E-state index contributed by atoms with van der Waals surface area (Å²) in [5.74, 6) is -0.151. The van der Waals surface area contributed by atoms with E-state index in [1.165, 1.54) is 4.90 Å². The van der Waals surface area contributed by atoms with Crippen LogP contribution in [0.2, 0.25) is 0 Å². The number of benzene rings is 1. The zero-order valence-corrected chi connectivity index (χ0v) is 12.4. The molecule has 0 heterocycles. The predicted octanol–water partition coefficient (Wildman–Crippen LogP) is 1.97. The molecule has 4 nitrogen and oxygen atoms in total. The summed E-state index contributed by atoms with van der Waals surface area (Å²) in [5.41, 5.74) is 1.54. The molecule has 0 aromatic heterocycles. The maximum Gasteiger partial charge on any atom is 0.251 e. The van der Waals surface area contributed by atoms with Crippen LogP contribution in [0.25, 0.3) is 0 Å². The number of hydrogen-bond donors (Lipinski definition) is 1. The molecule has 98 valence electrons. The van der Waals surface area contributed by atoms with Crippen molar-refractivity contribution in [1.82, 2.24) is 10.2 Å². The molecule has 18 heavy (non-hydrogen) atoms. The van der Waals surface area contributed by atoms with E-state index in [1.807, 2.05) is 19.1 Å². The molecule has 0 spiro atoms. The van der Waals surface area contributed by atoms with Crippen LogP contribution in [-0.4, -0.2) is 37.4 Å². The third-order valence-corrected chi connectivity index (χ3v) is 3.06.